The van der Waals surface area contributed by atoms with Crippen LogP contribution in [-0.4, -0.2) is 20.9 Å². The molecule has 2 aromatic rings. The fourth-order valence-corrected chi connectivity index (χ4v) is 4.62. The highest BCUT2D eigenvalue weighted by Crippen LogP contribution is 2.29. The van der Waals surface area contributed by atoms with E-state index in [-0.39, 0.29) is 28.2 Å². The Hall–Kier alpha value is -2.32. The van der Waals surface area contributed by atoms with Gasteiger partial charge in [-0.1, -0.05) is 12.1 Å². The standard InChI is InChI=1S/C20H22F2N2O3S/c21-16-7-10-18(19(22)11-16)14-5-8-17(9-6-14)28(26,27)24-12-13-1-3-15(4-2-13)20(23)25/h5-11,13,15,24H,1-4,12H2,(H2,23,25). The zero-order valence-corrected chi connectivity index (χ0v) is 16.0. The predicted octanol–water partition coefficient (Wildman–Crippen LogP) is 3.20. The molecule has 28 heavy (non-hydrogen) atoms. The molecule has 2 aromatic carbocycles. The Morgan fingerprint density at radius 3 is 2.25 bits per heavy atom. The molecule has 150 valence electrons. The lowest BCUT2D eigenvalue weighted by atomic mass is 9.82. The summed E-state index contributed by atoms with van der Waals surface area (Å²) in [5.41, 5.74) is 5.97. The number of sulfonamides is 1. The van der Waals surface area contributed by atoms with Gasteiger partial charge in [-0.25, -0.2) is 21.9 Å². The van der Waals surface area contributed by atoms with Crippen LogP contribution < -0.4 is 10.5 Å². The lowest BCUT2D eigenvalue weighted by Crippen LogP contribution is -2.33. The van der Waals surface area contributed by atoms with Crippen LogP contribution in [0.1, 0.15) is 25.7 Å². The zero-order chi connectivity index (χ0) is 20.3. The van der Waals surface area contributed by atoms with Crippen LogP contribution in [-0.2, 0) is 14.8 Å². The highest BCUT2D eigenvalue weighted by atomic mass is 32.2. The van der Waals surface area contributed by atoms with E-state index in [1.807, 2.05) is 0 Å². The molecule has 5 nitrogen and oxygen atoms in total. The Labute approximate surface area is 163 Å². The maximum absolute atomic E-state index is 13.9. The molecule has 1 aliphatic rings. The summed E-state index contributed by atoms with van der Waals surface area (Å²) < 4.78 is 54.5. The smallest absolute Gasteiger partial charge is 0.240 e. The predicted molar refractivity (Wildman–Crippen MR) is 102 cm³/mol. The fourth-order valence-electron chi connectivity index (χ4n) is 3.50. The van der Waals surface area contributed by atoms with E-state index in [4.69, 9.17) is 5.73 Å². The molecule has 0 aliphatic heterocycles. The van der Waals surface area contributed by atoms with E-state index in [1.54, 1.807) is 0 Å². The van der Waals surface area contributed by atoms with Gasteiger partial charge in [0.25, 0.3) is 0 Å². The normalized spacial score (nSPS) is 20.1. The van der Waals surface area contributed by atoms with Gasteiger partial charge in [0.05, 0.1) is 4.90 Å². The first kappa shape index (κ1) is 20.4. The molecule has 8 heteroatoms. The quantitative estimate of drug-likeness (QED) is 0.769. The fraction of sp³-hybridized carbons (Fsp3) is 0.350. The van der Waals surface area contributed by atoms with Gasteiger partial charge in [-0.15, -0.1) is 0 Å². The third-order valence-electron chi connectivity index (χ3n) is 5.22. The summed E-state index contributed by atoms with van der Waals surface area (Å²) in [7, 11) is -3.70. The van der Waals surface area contributed by atoms with Crippen molar-refractivity contribution < 1.29 is 22.0 Å². The molecule has 0 spiro atoms. The van der Waals surface area contributed by atoms with E-state index in [9.17, 15) is 22.0 Å². The van der Waals surface area contributed by atoms with Crippen molar-refractivity contribution in [3.05, 3.63) is 54.1 Å². The molecule has 3 rings (SSSR count). The Morgan fingerprint density at radius 2 is 1.68 bits per heavy atom. The molecule has 0 saturated heterocycles. The molecular formula is C20H22F2N2O3S. The minimum Gasteiger partial charge on any atom is -0.369 e. The van der Waals surface area contributed by atoms with Crippen LogP contribution in [0.25, 0.3) is 11.1 Å². The summed E-state index contributed by atoms with van der Waals surface area (Å²) >= 11 is 0. The van der Waals surface area contributed by atoms with Crippen LogP contribution in [0.15, 0.2) is 47.4 Å². The highest BCUT2D eigenvalue weighted by molar-refractivity contribution is 7.89. The Bertz CT molecular complexity index is 954. The van der Waals surface area contributed by atoms with Gasteiger partial charge in [0.15, 0.2) is 0 Å². The number of benzene rings is 2. The summed E-state index contributed by atoms with van der Waals surface area (Å²) in [5.74, 6) is -1.63. The Balaban J connectivity index is 1.63. The SMILES string of the molecule is NC(=O)C1CCC(CNS(=O)(=O)c2ccc(-c3ccc(F)cc3F)cc2)CC1. The average molecular weight is 408 g/mol. The van der Waals surface area contributed by atoms with E-state index >= 15 is 0 Å². The summed E-state index contributed by atoms with van der Waals surface area (Å²) in [4.78, 5) is 11.3. The molecule has 0 aromatic heterocycles. The number of hydrogen-bond donors (Lipinski definition) is 2. The molecular weight excluding hydrogens is 386 g/mol. The van der Waals surface area contributed by atoms with Crippen LogP contribution in [0, 0.1) is 23.5 Å². The third kappa shape index (κ3) is 4.74. The molecule has 1 saturated carbocycles. The lowest BCUT2D eigenvalue weighted by molar-refractivity contribution is -0.122. The Kier molecular flexibility index (Phi) is 6.10. The van der Waals surface area contributed by atoms with Crippen molar-refractivity contribution >= 4 is 15.9 Å². The number of halogens is 2. The van der Waals surface area contributed by atoms with Crippen molar-refractivity contribution in [1.29, 1.82) is 0 Å². The second-order valence-corrected chi connectivity index (χ2v) is 8.89. The molecule has 0 heterocycles. The molecule has 0 bridgehead atoms. The molecule has 1 fully saturated rings. The van der Waals surface area contributed by atoms with E-state index in [1.165, 1.54) is 30.3 Å². The first-order valence-corrected chi connectivity index (χ1v) is 10.6. The second kappa shape index (κ2) is 8.36. The van der Waals surface area contributed by atoms with Crippen LogP contribution in [0.4, 0.5) is 8.78 Å². The molecule has 0 unspecified atom stereocenters. The minimum atomic E-state index is -3.70. The van der Waals surface area contributed by atoms with Gasteiger partial charge in [0.2, 0.25) is 15.9 Å². The molecule has 0 atom stereocenters. The number of rotatable bonds is 6. The van der Waals surface area contributed by atoms with Gasteiger partial charge in [-0.3, -0.25) is 4.79 Å². The van der Waals surface area contributed by atoms with Crippen molar-refractivity contribution in [1.82, 2.24) is 4.72 Å². The monoisotopic (exact) mass is 408 g/mol. The number of amides is 1. The van der Waals surface area contributed by atoms with Crippen molar-refractivity contribution in [2.75, 3.05) is 6.54 Å². The van der Waals surface area contributed by atoms with Gasteiger partial charge < -0.3 is 5.73 Å². The van der Waals surface area contributed by atoms with Crippen molar-refractivity contribution in [2.45, 2.75) is 30.6 Å². The summed E-state index contributed by atoms with van der Waals surface area (Å²) in [6, 6.07) is 9.02. The maximum atomic E-state index is 13.9. The lowest BCUT2D eigenvalue weighted by Gasteiger charge is -2.26. The number of primary amides is 1. The van der Waals surface area contributed by atoms with Crippen LogP contribution in [0.3, 0.4) is 0 Å². The summed E-state index contributed by atoms with van der Waals surface area (Å²) in [6.45, 7) is 0.294. The van der Waals surface area contributed by atoms with Gasteiger partial charge in [0, 0.05) is 24.1 Å². The van der Waals surface area contributed by atoms with Crippen LogP contribution in [0.2, 0.25) is 0 Å². The number of nitrogens with two attached hydrogens (primary N) is 1. The number of carbonyl (C=O) groups is 1. The van der Waals surface area contributed by atoms with E-state index in [0.29, 0.717) is 24.9 Å². The largest absolute Gasteiger partial charge is 0.369 e. The van der Waals surface area contributed by atoms with E-state index in [0.717, 1.165) is 25.0 Å². The van der Waals surface area contributed by atoms with Gasteiger partial charge in [-0.05, 0) is 61.4 Å². The van der Waals surface area contributed by atoms with Crippen molar-refractivity contribution in [2.24, 2.45) is 17.6 Å². The van der Waals surface area contributed by atoms with Crippen molar-refractivity contribution in [3.8, 4) is 11.1 Å². The second-order valence-electron chi connectivity index (χ2n) is 7.12. The molecule has 1 aliphatic carbocycles. The summed E-state index contributed by atoms with van der Waals surface area (Å²) in [5, 5.41) is 0. The molecule has 0 radical (unpaired) electrons. The maximum Gasteiger partial charge on any atom is 0.240 e. The first-order valence-electron chi connectivity index (χ1n) is 9.11. The van der Waals surface area contributed by atoms with Gasteiger partial charge in [-0.2, -0.15) is 0 Å². The number of carbonyl (C=O) groups excluding carboxylic acids is 1. The van der Waals surface area contributed by atoms with E-state index < -0.39 is 21.7 Å². The minimum absolute atomic E-state index is 0.0737. The Morgan fingerprint density at radius 1 is 1.04 bits per heavy atom. The zero-order valence-electron chi connectivity index (χ0n) is 15.2. The van der Waals surface area contributed by atoms with Crippen LogP contribution in [0.5, 0.6) is 0 Å². The van der Waals surface area contributed by atoms with Gasteiger partial charge >= 0.3 is 0 Å². The molecule has 3 N–H and O–H groups in total. The number of hydrogen-bond acceptors (Lipinski definition) is 3. The first-order chi connectivity index (χ1) is 13.3. The summed E-state index contributed by atoms with van der Waals surface area (Å²) in [6.07, 6.45) is 2.86. The van der Waals surface area contributed by atoms with E-state index in [2.05, 4.69) is 4.72 Å². The van der Waals surface area contributed by atoms with Crippen molar-refractivity contribution in [3.63, 3.8) is 0 Å². The van der Waals surface area contributed by atoms with Gasteiger partial charge in [0.1, 0.15) is 11.6 Å². The van der Waals surface area contributed by atoms with Crippen LogP contribution >= 0.6 is 0 Å². The highest BCUT2D eigenvalue weighted by Gasteiger charge is 2.26. The topological polar surface area (TPSA) is 89.3 Å². The third-order valence-corrected chi connectivity index (χ3v) is 6.66. The molecule has 1 amide bonds. The average Bonchev–Trinajstić information content (AvgIpc) is 2.67. The number of nitrogens with one attached hydrogen (secondary N) is 1.